The highest BCUT2D eigenvalue weighted by atomic mass is 32.1. The molecule has 1 aromatic carbocycles. The van der Waals surface area contributed by atoms with E-state index in [4.69, 9.17) is 24.2 Å². The number of ether oxygens (including phenoxy) is 3. The topological polar surface area (TPSA) is 160 Å². The summed E-state index contributed by atoms with van der Waals surface area (Å²) in [5, 5.41) is 8.27. The summed E-state index contributed by atoms with van der Waals surface area (Å²) in [6.45, 7) is 15.6. The number of esters is 1. The Morgan fingerprint density at radius 3 is 2.48 bits per heavy atom. The molecular formula is C51H78N8O7S5. The lowest BCUT2D eigenvalue weighted by molar-refractivity contribution is -0.155. The number of cyclic esters (lactones) is 1. The fourth-order valence-corrected chi connectivity index (χ4v) is 12.0. The van der Waals surface area contributed by atoms with Crippen molar-refractivity contribution in [2.24, 2.45) is 22.7 Å². The van der Waals surface area contributed by atoms with Crippen LogP contribution in [0.1, 0.15) is 102 Å². The molecule has 71 heavy (non-hydrogen) atoms. The minimum absolute atomic E-state index is 0. The van der Waals surface area contributed by atoms with Gasteiger partial charge in [-0.05, 0) is 100 Å². The summed E-state index contributed by atoms with van der Waals surface area (Å²) in [4.78, 5) is 70.4. The zero-order chi connectivity index (χ0) is 47.8. The molecule has 394 valence electrons. The number of aryl methyl sites for hydroxylation is 1. The molecule has 4 aromatic rings. The maximum Gasteiger partial charge on any atom is 0.324 e. The number of rotatable bonds is 12. The molecule has 1 aliphatic carbocycles. The number of aromatic nitrogens is 3. The monoisotopic (exact) mass is 1070 g/mol. The number of hydrazine groups is 1. The number of likely N-dealkylation sites (N-methyl/N-ethyl adjacent to an activating group) is 1. The van der Waals surface area contributed by atoms with Gasteiger partial charge in [0.25, 0.3) is 5.91 Å². The number of hydrogen-bond donors (Lipinski definition) is 2. The SMILES string of the molecule is CCn1c(-c2cccnc2[C@H](C)OC)c2c3cc(ccc31)-c1csc(n1)C[C@H](NC(=O)[C@H](C(C)C)N(C)C(=O)N1CC3(CC(CCCOC)C3)C1)C(=O)N1CCC[C@H](N1)C(=O)OCC(C)(C)C2.S.S.S.S. The third kappa shape index (κ3) is 12.7. The number of hydrogen-bond acceptors (Lipinski definition) is 11. The summed E-state index contributed by atoms with van der Waals surface area (Å²) in [6.07, 6.45) is 7.75. The van der Waals surface area contributed by atoms with Gasteiger partial charge in [-0.25, -0.2) is 15.2 Å². The van der Waals surface area contributed by atoms with Crippen LogP contribution in [0.2, 0.25) is 0 Å². The second kappa shape index (κ2) is 25.2. The normalized spacial score (nSPS) is 20.4. The van der Waals surface area contributed by atoms with Gasteiger partial charge in [0.1, 0.15) is 18.1 Å². The van der Waals surface area contributed by atoms with Gasteiger partial charge in [-0.1, -0.05) is 33.8 Å². The van der Waals surface area contributed by atoms with Crippen molar-refractivity contribution < 1.29 is 33.4 Å². The van der Waals surface area contributed by atoms with E-state index in [0.717, 1.165) is 77.0 Å². The number of carbonyl (C=O) groups is 4. The molecule has 20 heteroatoms. The highest BCUT2D eigenvalue weighted by Crippen LogP contribution is 2.53. The van der Waals surface area contributed by atoms with Gasteiger partial charge in [-0.2, -0.15) is 54.0 Å². The van der Waals surface area contributed by atoms with Crippen LogP contribution in [0.5, 0.6) is 0 Å². The molecule has 4 atom stereocenters. The molecule has 3 aliphatic heterocycles. The van der Waals surface area contributed by atoms with Crippen LogP contribution in [0.15, 0.2) is 41.9 Å². The Labute approximate surface area is 452 Å². The van der Waals surface area contributed by atoms with Crippen molar-refractivity contribution in [1.82, 2.24) is 40.1 Å². The van der Waals surface area contributed by atoms with Gasteiger partial charge in [-0.3, -0.25) is 24.4 Å². The molecule has 4 aliphatic rings. The van der Waals surface area contributed by atoms with Crippen molar-refractivity contribution in [1.29, 1.82) is 0 Å². The number of methoxy groups -OCH3 is 2. The third-order valence-electron chi connectivity index (χ3n) is 14.5. The number of amides is 4. The maximum absolute atomic E-state index is 14.7. The van der Waals surface area contributed by atoms with Gasteiger partial charge in [0, 0.05) is 105 Å². The zero-order valence-electron chi connectivity index (χ0n) is 42.9. The van der Waals surface area contributed by atoms with E-state index in [1.807, 2.05) is 37.1 Å². The second-order valence-corrected chi connectivity index (χ2v) is 21.6. The molecule has 8 rings (SSSR count). The van der Waals surface area contributed by atoms with E-state index in [9.17, 15) is 19.2 Å². The van der Waals surface area contributed by atoms with E-state index < -0.39 is 35.4 Å². The smallest absolute Gasteiger partial charge is 0.324 e. The quantitative estimate of drug-likeness (QED) is 0.106. The number of pyridine rings is 1. The molecule has 2 N–H and O–H groups in total. The second-order valence-electron chi connectivity index (χ2n) is 20.6. The van der Waals surface area contributed by atoms with Gasteiger partial charge in [-0.15, -0.1) is 11.3 Å². The zero-order valence-corrected chi connectivity index (χ0v) is 47.7. The summed E-state index contributed by atoms with van der Waals surface area (Å²) in [7, 11) is 5.11. The van der Waals surface area contributed by atoms with E-state index in [-0.39, 0.29) is 96.4 Å². The number of nitrogens with zero attached hydrogens (tertiary/aromatic N) is 6. The van der Waals surface area contributed by atoms with Crippen molar-refractivity contribution in [2.75, 3.05) is 54.1 Å². The number of carbonyl (C=O) groups excluding carboxylic acids is 4. The highest BCUT2D eigenvalue weighted by Gasteiger charge is 2.54. The average Bonchev–Trinajstić information content (AvgIpc) is 3.88. The number of benzene rings is 1. The fourth-order valence-electron chi connectivity index (χ4n) is 11.1. The number of likely N-dealkylation sites (tertiary alicyclic amines) is 1. The lowest BCUT2D eigenvalue weighted by Crippen LogP contribution is -2.67. The van der Waals surface area contributed by atoms with Gasteiger partial charge < -0.3 is 33.9 Å². The summed E-state index contributed by atoms with van der Waals surface area (Å²) >= 11 is 1.44. The summed E-state index contributed by atoms with van der Waals surface area (Å²) in [6, 6.07) is 7.68. The molecule has 3 aromatic heterocycles. The maximum atomic E-state index is 14.7. The van der Waals surface area contributed by atoms with Gasteiger partial charge in [0.15, 0.2) is 0 Å². The predicted molar refractivity (Wildman–Crippen MR) is 300 cm³/mol. The lowest BCUT2D eigenvalue weighted by Gasteiger charge is -2.59. The van der Waals surface area contributed by atoms with E-state index in [2.05, 4.69) is 60.3 Å². The van der Waals surface area contributed by atoms with Gasteiger partial charge in [0.05, 0.1) is 34.8 Å². The first-order chi connectivity index (χ1) is 32.1. The summed E-state index contributed by atoms with van der Waals surface area (Å²) in [5.74, 6) is -0.804. The van der Waals surface area contributed by atoms with Crippen molar-refractivity contribution in [2.45, 2.75) is 124 Å². The highest BCUT2D eigenvalue weighted by molar-refractivity contribution is 7.59. The first kappa shape index (κ1) is 60.1. The molecule has 1 spiro atoms. The van der Waals surface area contributed by atoms with Gasteiger partial charge >= 0.3 is 12.0 Å². The minimum atomic E-state index is -1.04. The average molecular weight is 1080 g/mol. The van der Waals surface area contributed by atoms with Crippen LogP contribution >= 0.6 is 65.3 Å². The van der Waals surface area contributed by atoms with Crippen molar-refractivity contribution >= 4 is 100 Å². The Morgan fingerprint density at radius 2 is 1.80 bits per heavy atom. The van der Waals surface area contributed by atoms with E-state index in [1.165, 1.54) is 21.2 Å². The molecule has 4 amide bonds. The molecule has 6 heterocycles. The van der Waals surface area contributed by atoms with Crippen LogP contribution in [0.25, 0.3) is 33.4 Å². The van der Waals surface area contributed by atoms with Crippen LogP contribution in [-0.2, 0) is 48.0 Å². The largest absolute Gasteiger partial charge is 0.464 e. The Bertz CT molecular complexity index is 2470. The number of urea groups is 1. The predicted octanol–water partition coefficient (Wildman–Crippen LogP) is 7.87. The molecule has 3 fully saturated rings. The molecule has 0 radical (unpaired) electrons. The third-order valence-corrected chi connectivity index (χ3v) is 15.4. The van der Waals surface area contributed by atoms with Crippen LogP contribution in [0.3, 0.4) is 0 Å². The first-order valence-electron chi connectivity index (χ1n) is 24.2. The number of fused-ring (bicyclic) bond motifs is 6. The molecule has 6 bridgehead atoms. The van der Waals surface area contributed by atoms with Crippen LogP contribution < -0.4 is 10.7 Å². The fraction of sp³-hybridized carbons (Fsp3) is 0.608. The van der Waals surface area contributed by atoms with Gasteiger partial charge in [0.2, 0.25) is 5.91 Å². The first-order valence-corrected chi connectivity index (χ1v) is 25.1. The number of thiazole rings is 1. The van der Waals surface area contributed by atoms with E-state index in [0.29, 0.717) is 56.4 Å². The number of nitrogens with one attached hydrogen (secondary N) is 2. The van der Waals surface area contributed by atoms with E-state index >= 15 is 0 Å². The molecular weight excluding hydrogens is 997 g/mol. The van der Waals surface area contributed by atoms with Crippen molar-refractivity contribution in [3.05, 3.63) is 58.2 Å². The summed E-state index contributed by atoms with van der Waals surface area (Å²) in [5.41, 5.74) is 9.61. The lowest BCUT2D eigenvalue weighted by atomic mass is 9.57. The minimum Gasteiger partial charge on any atom is -0.464 e. The van der Waals surface area contributed by atoms with Crippen molar-refractivity contribution in [3.8, 4) is 22.5 Å². The Kier molecular flexibility index (Phi) is 21.3. The molecule has 0 unspecified atom stereocenters. The molecule has 15 nitrogen and oxygen atoms in total. The van der Waals surface area contributed by atoms with Crippen LogP contribution in [0, 0.1) is 22.7 Å². The van der Waals surface area contributed by atoms with Crippen molar-refractivity contribution in [3.63, 3.8) is 0 Å². The molecule has 1 saturated carbocycles. The van der Waals surface area contributed by atoms with E-state index in [1.54, 1.807) is 27.5 Å². The Morgan fingerprint density at radius 1 is 1.07 bits per heavy atom. The van der Waals surface area contributed by atoms with Crippen LogP contribution in [0.4, 0.5) is 4.79 Å². The summed E-state index contributed by atoms with van der Waals surface area (Å²) < 4.78 is 19.5. The Balaban J connectivity index is 0.00000274. The van der Waals surface area contributed by atoms with Crippen LogP contribution in [-0.4, -0.2) is 125 Å². The Hall–Kier alpha value is -3.50. The molecule has 2 saturated heterocycles. The standard InChI is InChI=1S/C51H70N8O7S.4H2S/c1-10-58-41-18-17-34-22-36(41)37(45(58)35-15-11-19-52-43(35)32(4)65-9)26-50(5,6)30-66-48(62)38-16-12-20-59(55-38)47(61)39(23-42-53-40(34)27-67-42)54-46(60)44(31(2)3)56(7)49(63)57-28-51(29-57)24-33(25-51)14-13-21-64-8;;;;/h11,15,17-19,22,27,31-33,38-39,44,55H,10,12-14,16,20-21,23-26,28-30H2,1-9H3,(H,54,60);4*1H2/t32-,38-,39-,44-;;;;/m0..../s1.